The number of benzene rings is 2. The second kappa shape index (κ2) is 8.47. The normalized spacial score (nSPS) is 11.7. The van der Waals surface area contributed by atoms with Crippen LogP contribution in [0.3, 0.4) is 0 Å². The average molecular weight is 414 g/mol. The summed E-state index contributed by atoms with van der Waals surface area (Å²) in [5.74, 6) is -2.57. The molecule has 3 aromatic rings. The van der Waals surface area contributed by atoms with Crippen LogP contribution < -0.4 is 10.9 Å². The fourth-order valence-electron chi connectivity index (χ4n) is 2.71. The lowest BCUT2D eigenvalue weighted by Crippen LogP contribution is -2.30. The molecule has 1 aromatic heterocycles. The van der Waals surface area contributed by atoms with Crippen LogP contribution in [-0.4, -0.2) is 33.1 Å². The predicted molar refractivity (Wildman–Crippen MR) is 103 cm³/mol. The lowest BCUT2D eigenvalue weighted by Gasteiger charge is -2.14. The number of nitrogens with zero attached hydrogens (tertiary/aromatic N) is 2. The molecule has 0 radical (unpaired) electrons. The lowest BCUT2D eigenvalue weighted by molar-refractivity contribution is -0.387. The summed E-state index contributed by atoms with van der Waals surface area (Å²) in [4.78, 5) is 46.1. The van der Waals surface area contributed by atoms with Crippen LogP contribution in [-0.2, 0) is 20.7 Å². The summed E-state index contributed by atoms with van der Waals surface area (Å²) < 4.78 is 18.5. The SMILES string of the molecule is CC(OC(=O)Cc1n[nH]c(=O)c2ccccc12)C(=O)Nc1ccc(F)c([N+](=O)[O-])c1. The standard InChI is InChI=1S/C19H15FN4O6/c1-10(18(26)21-11-6-7-14(20)16(8-11)24(28)29)30-17(25)9-15-12-4-2-3-5-13(12)19(27)23-22-15/h2-8,10H,9H2,1H3,(H,21,26)(H,23,27). The summed E-state index contributed by atoms with van der Waals surface area (Å²) in [6.45, 7) is 1.31. The van der Waals surface area contributed by atoms with Crippen molar-refractivity contribution < 1.29 is 23.6 Å². The van der Waals surface area contributed by atoms with Gasteiger partial charge in [0, 0.05) is 17.1 Å². The molecule has 3 rings (SSSR count). The number of hydrogen-bond acceptors (Lipinski definition) is 7. The molecule has 0 saturated carbocycles. The Balaban J connectivity index is 1.67. The van der Waals surface area contributed by atoms with Crippen molar-refractivity contribution in [3.8, 4) is 0 Å². The molecule has 0 spiro atoms. The quantitative estimate of drug-likeness (QED) is 0.357. The summed E-state index contributed by atoms with van der Waals surface area (Å²) in [6.07, 6.45) is -1.53. The van der Waals surface area contributed by atoms with Gasteiger partial charge in [0.25, 0.3) is 11.5 Å². The smallest absolute Gasteiger partial charge is 0.312 e. The van der Waals surface area contributed by atoms with Gasteiger partial charge in [0.2, 0.25) is 5.82 Å². The Hall–Kier alpha value is -4.15. The van der Waals surface area contributed by atoms with Gasteiger partial charge in [0.05, 0.1) is 22.4 Å². The van der Waals surface area contributed by atoms with Gasteiger partial charge in [-0.15, -0.1) is 0 Å². The number of aromatic nitrogens is 2. The van der Waals surface area contributed by atoms with Gasteiger partial charge >= 0.3 is 11.7 Å². The fourth-order valence-corrected chi connectivity index (χ4v) is 2.71. The number of carbonyl (C=O) groups is 2. The van der Waals surface area contributed by atoms with E-state index in [-0.39, 0.29) is 17.8 Å². The molecule has 0 aliphatic heterocycles. The van der Waals surface area contributed by atoms with Crippen LogP contribution in [0.1, 0.15) is 12.6 Å². The van der Waals surface area contributed by atoms with E-state index in [9.17, 15) is 28.9 Å². The van der Waals surface area contributed by atoms with Crippen LogP contribution in [0.4, 0.5) is 15.8 Å². The predicted octanol–water partition coefficient (Wildman–Crippen LogP) is 2.08. The summed E-state index contributed by atoms with van der Waals surface area (Å²) in [5.41, 5.74) is -0.946. The minimum atomic E-state index is -1.24. The zero-order valence-electron chi connectivity index (χ0n) is 15.5. The molecule has 1 amide bonds. The number of carbonyl (C=O) groups excluding carboxylic acids is 2. The van der Waals surface area contributed by atoms with E-state index >= 15 is 0 Å². The molecule has 1 atom stereocenters. The van der Waals surface area contributed by atoms with Crippen molar-refractivity contribution in [1.29, 1.82) is 0 Å². The van der Waals surface area contributed by atoms with Crippen LogP contribution in [0.25, 0.3) is 10.8 Å². The lowest BCUT2D eigenvalue weighted by atomic mass is 10.1. The Bertz CT molecular complexity index is 1210. The Morgan fingerprint density at radius 1 is 1.27 bits per heavy atom. The fraction of sp³-hybridized carbons (Fsp3) is 0.158. The van der Waals surface area contributed by atoms with Gasteiger partial charge < -0.3 is 10.1 Å². The third-order valence-corrected chi connectivity index (χ3v) is 4.17. The molecule has 0 aliphatic rings. The Labute approximate surface area is 167 Å². The third kappa shape index (κ3) is 4.46. The van der Waals surface area contributed by atoms with E-state index in [1.54, 1.807) is 24.3 Å². The van der Waals surface area contributed by atoms with Crippen molar-refractivity contribution in [3.63, 3.8) is 0 Å². The van der Waals surface area contributed by atoms with E-state index in [4.69, 9.17) is 4.74 Å². The van der Waals surface area contributed by atoms with Crippen molar-refractivity contribution in [2.45, 2.75) is 19.4 Å². The first kappa shape index (κ1) is 20.6. The summed E-state index contributed by atoms with van der Waals surface area (Å²) >= 11 is 0. The number of rotatable bonds is 6. The number of aromatic amines is 1. The molecule has 0 bridgehead atoms. The number of anilines is 1. The van der Waals surface area contributed by atoms with E-state index in [2.05, 4.69) is 15.5 Å². The zero-order chi connectivity index (χ0) is 21.8. The maximum absolute atomic E-state index is 13.4. The Morgan fingerprint density at radius 2 is 1.97 bits per heavy atom. The van der Waals surface area contributed by atoms with Gasteiger partial charge in [-0.2, -0.15) is 9.49 Å². The molecule has 1 heterocycles. The molecule has 0 aliphatic carbocycles. The highest BCUT2D eigenvalue weighted by atomic mass is 19.1. The van der Waals surface area contributed by atoms with Gasteiger partial charge in [-0.25, -0.2) is 5.10 Å². The highest BCUT2D eigenvalue weighted by Crippen LogP contribution is 2.22. The third-order valence-electron chi connectivity index (χ3n) is 4.17. The highest BCUT2D eigenvalue weighted by molar-refractivity contribution is 5.95. The number of halogens is 1. The van der Waals surface area contributed by atoms with Crippen LogP contribution in [0.5, 0.6) is 0 Å². The molecule has 154 valence electrons. The summed E-state index contributed by atoms with van der Waals surface area (Å²) in [5, 5.41) is 20.1. The van der Waals surface area contributed by atoms with Gasteiger partial charge in [-0.1, -0.05) is 18.2 Å². The molecule has 2 N–H and O–H groups in total. The number of H-pyrrole nitrogens is 1. The van der Waals surface area contributed by atoms with Crippen molar-refractivity contribution >= 4 is 34.0 Å². The Morgan fingerprint density at radius 3 is 2.67 bits per heavy atom. The number of fused-ring (bicyclic) bond motifs is 1. The second-order valence-corrected chi connectivity index (χ2v) is 6.27. The number of ether oxygens (including phenoxy) is 1. The highest BCUT2D eigenvalue weighted by Gasteiger charge is 2.21. The minimum Gasteiger partial charge on any atom is -0.452 e. The largest absolute Gasteiger partial charge is 0.452 e. The van der Waals surface area contributed by atoms with Crippen molar-refractivity contribution in [1.82, 2.24) is 10.2 Å². The van der Waals surface area contributed by atoms with Crippen LogP contribution >= 0.6 is 0 Å². The van der Waals surface area contributed by atoms with Gasteiger partial charge in [-0.05, 0) is 25.1 Å². The molecule has 30 heavy (non-hydrogen) atoms. The number of amides is 1. The second-order valence-electron chi connectivity index (χ2n) is 6.27. The monoisotopic (exact) mass is 414 g/mol. The first-order valence-electron chi connectivity index (χ1n) is 8.67. The molecule has 2 aromatic carbocycles. The van der Waals surface area contributed by atoms with Crippen LogP contribution in [0, 0.1) is 15.9 Å². The van der Waals surface area contributed by atoms with Crippen LogP contribution in [0.2, 0.25) is 0 Å². The zero-order valence-corrected chi connectivity index (χ0v) is 15.5. The van der Waals surface area contributed by atoms with Crippen molar-refractivity contribution in [2.75, 3.05) is 5.32 Å². The Kier molecular flexibility index (Phi) is 5.81. The van der Waals surface area contributed by atoms with Gasteiger partial charge in [-0.3, -0.25) is 24.5 Å². The van der Waals surface area contributed by atoms with E-state index in [1.165, 1.54) is 6.92 Å². The van der Waals surface area contributed by atoms with Crippen molar-refractivity contribution in [2.24, 2.45) is 0 Å². The van der Waals surface area contributed by atoms with E-state index in [0.29, 0.717) is 10.8 Å². The van der Waals surface area contributed by atoms with E-state index in [1.807, 2.05) is 0 Å². The number of esters is 1. The first-order valence-corrected chi connectivity index (χ1v) is 8.67. The summed E-state index contributed by atoms with van der Waals surface area (Å²) in [7, 11) is 0. The molecule has 0 saturated heterocycles. The number of nitrogens with one attached hydrogen (secondary N) is 2. The molecule has 11 heteroatoms. The van der Waals surface area contributed by atoms with E-state index in [0.717, 1.165) is 18.2 Å². The van der Waals surface area contributed by atoms with Crippen LogP contribution in [0.15, 0.2) is 47.3 Å². The number of nitro groups is 1. The van der Waals surface area contributed by atoms with E-state index < -0.39 is 40.0 Å². The molecule has 10 nitrogen and oxygen atoms in total. The minimum absolute atomic E-state index is 0.0238. The van der Waals surface area contributed by atoms with Crippen molar-refractivity contribution in [3.05, 3.63) is 74.4 Å². The number of hydrogen-bond donors (Lipinski definition) is 2. The molecule has 0 fully saturated rings. The van der Waals surface area contributed by atoms with Gasteiger partial charge in [0.15, 0.2) is 6.10 Å². The average Bonchev–Trinajstić information content (AvgIpc) is 2.71. The first-order chi connectivity index (χ1) is 14.3. The van der Waals surface area contributed by atoms with Gasteiger partial charge in [0.1, 0.15) is 0 Å². The maximum Gasteiger partial charge on any atom is 0.312 e. The molecular formula is C19H15FN4O6. The topological polar surface area (TPSA) is 144 Å². The maximum atomic E-state index is 13.4. The number of nitro benzene ring substituents is 1. The molecule has 1 unspecified atom stereocenters. The molecular weight excluding hydrogens is 399 g/mol. The summed E-state index contributed by atoms with van der Waals surface area (Å²) in [6, 6.07) is 9.43.